The summed E-state index contributed by atoms with van der Waals surface area (Å²) in [5.41, 5.74) is 6.96. The Morgan fingerprint density at radius 1 is 1.17 bits per heavy atom. The molecule has 3 aromatic rings. The van der Waals surface area contributed by atoms with Crippen molar-refractivity contribution >= 4 is 16.8 Å². The topological polar surface area (TPSA) is 71.8 Å². The van der Waals surface area contributed by atoms with Crippen LogP contribution in [0.3, 0.4) is 0 Å². The molecule has 0 radical (unpaired) electrons. The first-order valence-corrected chi connectivity index (χ1v) is 6.71. The number of aryl methyl sites for hydroxylation is 1. The molecule has 0 aliphatic rings. The van der Waals surface area contributed by atoms with Crippen molar-refractivity contribution in [3.63, 3.8) is 0 Å². The third-order valence-corrected chi connectivity index (χ3v) is 3.73. The number of benzene rings is 2. The van der Waals surface area contributed by atoms with Gasteiger partial charge in [-0.25, -0.2) is 8.78 Å². The summed E-state index contributed by atoms with van der Waals surface area (Å²) in [7, 11) is 1.62. The van der Waals surface area contributed by atoms with Crippen molar-refractivity contribution in [2.75, 3.05) is 0 Å². The average Bonchev–Trinajstić information content (AvgIpc) is 2.84. The summed E-state index contributed by atoms with van der Waals surface area (Å²) in [5.74, 6) is -2.07. The molecule has 23 heavy (non-hydrogen) atoms. The second kappa shape index (κ2) is 5.21. The number of amides is 1. The first kappa shape index (κ1) is 14.7. The number of hydrogen-bond acceptors (Lipinski definition) is 2. The van der Waals surface area contributed by atoms with Gasteiger partial charge in [-0.2, -0.15) is 5.26 Å². The molecule has 114 valence electrons. The van der Waals surface area contributed by atoms with Crippen LogP contribution in [-0.2, 0) is 7.05 Å². The van der Waals surface area contributed by atoms with Gasteiger partial charge in [-0.05, 0) is 30.3 Å². The van der Waals surface area contributed by atoms with Gasteiger partial charge in [0.05, 0.1) is 17.1 Å². The van der Waals surface area contributed by atoms with Crippen LogP contribution in [0.25, 0.3) is 22.0 Å². The number of carbonyl (C=O) groups is 1. The molecule has 6 heteroatoms. The zero-order valence-corrected chi connectivity index (χ0v) is 12.1. The lowest BCUT2D eigenvalue weighted by Gasteiger charge is -2.09. The van der Waals surface area contributed by atoms with E-state index in [9.17, 15) is 13.6 Å². The molecule has 2 aromatic carbocycles. The largest absolute Gasteiger partial charge is 0.364 e. The van der Waals surface area contributed by atoms with Crippen LogP contribution in [-0.4, -0.2) is 10.5 Å². The highest BCUT2D eigenvalue weighted by atomic mass is 19.1. The van der Waals surface area contributed by atoms with Crippen molar-refractivity contribution in [1.82, 2.24) is 4.57 Å². The highest BCUT2D eigenvalue weighted by Crippen LogP contribution is 2.33. The molecule has 0 spiro atoms. The van der Waals surface area contributed by atoms with Gasteiger partial charge in [-0.1, -0.05) is 0 Å². The second-order valence-corrected chi connectivity index (χ2v) is 5.15. The maximum atomic E-state index is 14.2. The van der Waals surface area contributed by atoms with E-state index in [1.807, 2.05) is 6.07 Å². The summed E-state index contributed by atoms with van der Waals surface area (Å²) in [6.45, 7) is 0. The van der Waals surface area contributed by atoms with Crippen LogP contribution >= 0.6 is 0 Å². The third kappa shape index (κ3) is 2.32. The van der Waals surface area contributed by atoms with Crippen LogP contribution in [0.5, 0.6) is 0 Å². The highest BCUT2D eigenvalue weighted by Gasteiger charge is 2.18. The van der Waals surface area contributed by atoms with Crippen molar-refractivity contribution in [2.45, 2.75) is 0 Å². The molecule has 0 saturated carbocycles. The summed E-state index contributed by atoms with van der Waals surface area (Å²) in [5, 5.41) is 9.75. The zero-order chi connectivity index (χ0) is 16.7. The van der Waals surface area contributed by atoms with E-state index in [0.717, 1.165) is 12.1 Å². The maximum absolute atomic E-state index is 14.2. The number of aromatic nitrogens is 1. The van der Waals surface area contributed by atoms with Crippen LogP contribution in [0, 0.1) is 23.0 Å². The van der Waals surface area contributed by atoms with E-state index < -0.39 is 17.5 Å². The number of nitrogens with two attached hydrogens (primary N) is 1. The Morgan fingerprint density at radius 2 is 1.91 bits per heavy atom. The summed E-state index contributed by atoms with van der Waals surface area (Å²) in [4.78, 5) is 11.5. The van der Waals surface area contributed by atoms with Crippen molar-refractivity contribution in [2.24, 2.45) is 12.8 Å². The van der Waals surface area contributed by atoms with Gasteiger partial charge in [0.15, 0.2) is 0 Å². The van der Waals surface area contributed by atoms with E-state index in [4.69, 9.17) is 11.0 Å². The van der Waals surface area contributed by atoms with Crippen LogP contribution in [0.2, 0.25) is 0 Å². The molecule has 3 rings (SSSR count). The molecular weight excluding hydrogens is 300 g/mol. The van der Waals surface area contributed by atoms with E-state index in [-0.39, 0.29) is 11.3 Å². The van der Waals surface area contributed by atoms with E-state index >= 15 is 0 Å². The van der Waals surface area contributed by atoms with Gasteiger partial charge >= 0.3 is 0 Å². The van der Waals surface area contributed by atoms with Gasteiger partial charge in [0.1, 0.15) is 17.3 Å². The van der Waals surface area contributed by atoms with E-state index in [0.29, 0.717) is 22.0 Å². The van der Waals surface area contributed by atoms with Crippen LogP contribution in [0.15, 0.2) is 36.4 Å². The minimum atomic E-state index is -0.747. The maximum Gasteiger partial charge on any atom is 0.265 e. The zero-order valence-electron chi connectivity index (χ0n) is 12.1. The standard InChI is InChI=1S/C17H11F2N3O/c1-22-15(17(21)23)6-10-4-9(8-20)5-13(16(10)22)12-3-2-11(18)7-14(12)19/h2-7H,1H3,(H2,21,23). The summed E-state index contributed by atoms with van der Waals surface area (Å²) in [6.07, 6.45) is 0. The number of primary amides is 1. The van der Waals surface area contributed by atoms with Crippen LogP contribution in [0.4, 0.5) is 8.78 Å². The number of halogens is 2. The molecular formula is C17H11F2N3O. The fourth-order valence-electron chi connectivity index (χ4n) is 2.72. The van der Waals surface area contributed by atoms with Gasteiger partial charge in [0.2, 0.25) is 0 Å². The van der Waals surface area contributed by atoms with Gasteiger partial charge in [0, 0.05) is 29.6 Å². The van der Waals surface area contributed by atoms with Crippen molar-refractivity contribution in [3.8, 4) is 17.2 Å². The van der Waals surface area contributed by atoms with Crippen molar-refractivity contribution < 1.29 is 13.6 Å². The number of hydrogen-bond donors (Lipinski definition) is 1. The van der Waals surface area contributed by atoms with Gasteiger partial charge in [-0.15, -0.1) is 0 Å². The minimum Gasteiger partial charge on any atom is -0.364 e. The van der Waals surface area contributed by atoms with E-state index in [2.05, 4.69) is 0 Å². The fraction of sp³-hybridized carbons (Fsp3) is 0.0588. The van der Waals surface area contributed by atoms with Gasteiger partial charge < -0.3 is 10.3 Å². The average molecular weight is 311 g/mol. The summed E-state index contributed by atoms with van der Waals surface area (Å²) in [6, 6.07) is 9.85. The van der Waals surface area contributed by atoms with Crippen molar-refractivity contribution in [1.29, 1.82) is 5.26 Å². The lowest BCUT2D eigenvalue weighted by Crippen LogP contribution is -2.15. The minimum absolute atomic E-state index is 0.144. The molecule has 2 N–H and O–H groups in total. The lowest BCUT2D eigenvalue weighted by atomic mass is 9.99. The Hall–Kier alpha value is -3.20. The van der Waals surface area contributed by atoms with Gasteiger partial charge in [-0.3, -0.25) is 4.79 Å². The molecule has 0 fully saturated rings. The molecule has 0 aliphatic heterocycles. The SMILES string of the molecule is Cn1c(C(N)=O)cc2cc(C#N)cc(-c3ccc(F)cc3F)c21. The number of rotatable bonds is 2. The number of nitriles is 1. The molecule has 0 aliphatic carbocycles. The van der Waals surface area contributed by atoms with Crippen molar-refractivity contribution in [3.05, 3.63) is 59.3 Å². The molecule has 0 bridgehead atoms. The second-order valence-electron chi connectivity index (χ2n) is 5.15. The number of nitrogens with zero attached hydrogens (tertiary/aromatic N) is 2. The molecule has 0 saturated heterocycles. The Balaban J connectivity index is 2.43. The predicted octanol–water partition coefficient (Wildman–Crippen LogP) is 3.09. The predicted molar refractivity (Wildman–Crippen MR) is 81.5 cm³/mol. The first-order valence-electron chi connectivity index (χ1n) is 6.71. The number of fused-ring (bicyclic) bond motifs is 1. The van der Waals surface area contributed by atoms with Crippen LogP contribution < -0.4 is 5.73 Å². The van der Waals surface area contributed by atoms with E-state index in [1.165, 1.54) is 16.7 Å². The normalized spacial score (nSPS) is 10.7. The Morgan fingerprint density at radius 3 is 2.52 bits per heavy atom. The molecule has 1 heterocycles. The molecule has 1 aromatic heterocycles. The smallest absolute Gasteiger partial charge is 0.265 e. The molecule has 0 unspecified atom stereocenters. The molecule has 0 atom stereocenters. The third-order valence-electron chi connectivity index (χ3n) is 3.73. The van der Waals surface area contributed by atoms with E-state index in [1.54, 1.807) is 19.2 Å². The molecule has 1 amide bonds. The Kier molecular flexibility index (Phi) is 3.34. The summed E-state index contributed by atoms with van der Waals surface area (Å²) < 4.78 is 28.9. The first-order chi connectivity index (χ1) is 10.9. The highest BCUT2D eigenvalue weighted by molar-refractivity contribution is 6.03. The monoisotopic (exact) mass is 311 g/mol. The fourth-order valence-corrected chi connectivity index (χ4v) is 2.72. The summed E-state index contributed by atoms with van der Waals surface area (Å²) >= 11 is 0. The molecule has 4 nitrogen and oxygen atoms in total. The number of carbonyl (C=O) groups excluding carboxylic acids is 1. The Bertz CT molecular complexity index is 999. The lowest BCUT2D eigenvalue weighted by molar-refractivity contribution is 0.0993. The van der Waals surface area contributed by atoms with Gasteiger partial charge in [0.25, 0.3) is 5.91 Å². The van der Waals surface area contributed by atoms with Crippen LogP contribution in [0.1, 0.15) is 16.1 Å². The quantitative estimate of drug-likeness (QED) is 0.790. The Labute approximate surface area is 130 Å².